The maximum atomic E-state index is 9.12. The van der Waals surface area contributed by atoms with Gasteiger partial charge in [0.25, 0.3) is 0 Å². The topological polar surface area (TPSA) is 27.0 Å². The highest BCUT2D eigenvalue weighted by Crippen LogP contribution is 2.26. The quantitative estimate of drug-likeness (QED) is 0.777. The van der Waals surface area contributed by atoms with Gasteiger partial charge in [0.15, 0.2) is 0 Å². The summed E-state index contributed by atoms with van der Waals surface area (Å²) < 4.78 is 0. The van der Waals surface area contributed by atoms with Crippen LogP contribution in [0.1, 0.15) is 32.3 Å². The van der Waals surface area contributed by atoms with Crippen molar-refractivity contribution in [1.29, 1.82) is 5.26 Å². The summed E-state index contributed by atoms with van der Waals surface area (Å²) >= 11 is 6.02. The summed E-state index contributed by atoms with van der Waals surface area (Å²) in [5.74, 6) is 0. The van der Waals surface area contributed by atoms with E-state index in [1.807, 2.05) is 12.1 Å². The number of anilines is 1. The third-order valence-corrected chi connectivity index (χ3v) is 2.75. The highest BCUT2D eigenvalue weighted by Gasteiger charge is 2.12. The van der Waals surface area contributed by atoms with E-state index in [1.165, 1.54) is 0 Å². The monoisotopic (exact) mass is 236 g/mol. The fourth-order valence-corrected chi connectivity index (χ4v) is 1.99. The van der Waals surface area contributed by atoms with Crippen LogP contribution in [0.15, 0.2) is 18.2 Å². The van der Waals surface area contributed by atoms with E-state index in [9.17, 15) is 0 Å². The molecule has 0 heterocycles. The van der Waals surface area contributed by atoms with E-state index >= 15 is 0 Å². The summed E-state index contributed by atoms with van der Waals surface area (Å²) in [7, 11) is 0. The van der Waals surface area contributed by atoms with Crippen molar-refractivity contribution >= 4 is 17.3 Å². The van der Waals surface area contributed by atoms with E-state index in [1.54, 1.807) is 6.07 Å². The highest BCUT2D eigenvalue weighted by atomic mass is 35.5. The third-order valence-electron chi connectivity index (χ3n) is 2.43. The van der Waals surface area contributed by atoms with Crippen LogP contribution in [0.2, 0.25) is 5.02 Å². The van der Waals surface area contributed by atoms with E-state index < -0.39 is 0 Å². The van der Waals surface area contributed by atoms with Crippen molar-refractivity contribution in [2.75, 3.05) is 18.0 Å². The van der Waals surface area contributed by atoms with Gasteiger partial charge in [0.2, 0.25) is 0 Å². The van der Waals surface area contributed by atoms with Crippen LogP contribution in [0.5, 0.6) is 0 Å². The van der Waals surface area contributed by atoms with Gasteiger partial charge in [-0.05, 0) is 25.0 Å². The van der Waals surface area contributed by atoms with Crippen molar-refractivity contribution < 1.29 is 0 Å². The van der Waals surface area contributed by atoms with Crippen molar-refractivity contribution in [2.24, 2.45) is 0 Å². The fraction of sp³-hybridized carbons (Fsp3) is 0.462. The zero-order valence-corrected chi connectivity index (χ0v) is 10.6. The molecule has 0 aliphatic heterocycles. The molecule has 0 aliphatic carbocycles. The molecule has 16 heavy (non-hydrogen) atoms. The first-order chi connectivity index (χ1) is 7.74. The molecule has 0 fully saturated rings. The minimum atomic E-state index is 0.539. The van der Waals surface area contributed by atoms with Gasteiger partial charge in [0.05, 0.1) is 16.3 Å². The molecular weight excluding hydrogens is 220 g/mol. The number of hydrogen-bond acceptors (Lipinski definition) is 2. The molecule has 1 aromatic carbocycles. The molecule has 0 spiro atoms. The smallest absolute Gasteiger partial charge is 0.103 e. The number of benzene rings is 1. The molecule has 0 aromatic heterocycles. The van der Waals surface area contributed by atoms with Gasteiger partial charge in [-0.1, -0.05) is 31.5 Å². The molecule has 0 amide bonds. The average molecular weight is 237 g/mol. The normalized spacial score (nSPS) is 9.88. The van der Waals surface area contributed by atoms with E-state index in [-0.39, 0.29) is 0 Å². The van der Waals surface area contributed by atoms with Gasteiger partial charge in [0, 0.05) is 13.1 Å². The molecule has 0 unspecified atom stereocenters. The predicted octanol–water partition coefficient (Wildman–Crippen LogP) is 3.84. The molecule has 2 nitrogen and oxygen atoms in total. The third kappa shape index (κ3) is 2.90. The Morgan fingerprint density at radius 3 is 2.38 bits per heavy atom. The Labute approximate surface area is 102 Å². The van der Waals surface area contributed by atoms with Crippen LogP contribution < -0.4 is 4.90 Å². The standard InChI is InChI=1S/C13H17ClN2/c1-3-8-16(9-4-2)13-7-5-6-12(14)11(13)10-15/h5-7H,3-4,8-9H2,1-2H3. The second-order valence-corrected chi connectivity index (χ2v) is 4.14. The number of halogens is 1. The van der Waals surface area contributed by atoms with Gasteiger partial charge in [-0.25, -0.2) is 0 Å². The Hall–Kier alpha value is -1.20. The second-order valence-electron chi connectivity index (χ2n) is 3.73. The van der Waals surface area contributed by atoms with E-state index in [2.05, 4.69) is 24.8 Å². The Kier molecular flexibility index (Phi) is 5.14. The van der Waals surface area contributed by atoms with Crippen LogP contribution in [-0.4, -0.2) is 13.1 Å². The summed E-state index contributed by atoms with van der Waals surface area (Å²) in [5, 5.41) is 9.66. The molecule has 0 aliphatic rings. The lowest BCUT2D eigenvalue weighted by Gasteiger charge is -2.25. The summed E-state index contributed by atoms with van der Waals surface area (Å²) in [6, 6.07) is 7.82. The van der Waals surface area contributed by atoms with E-state index in [0.717, 1.165) is 31.6 Å². The molecule has 0 saturated carbocycles. The lowest BCUT2D eigenvalue weighted by atomic mass is 10.1. The molecule has 0 radical (unpaired) electrons. The van der Waals surface area contributed by atoms with E-state index in [0.29, 0.717) is 10.6 Å². The first kappa shape index (κ1) is 12.9. The zero-order valence-electron chi connectivity index (χ0n) is 9.83. The van der Waals surface area contributed by atoms with Crippen molar-refractivity contribution in [3.05, 3.63) is 28.8 Å². The number of nitrogens with zero attached hydrogens (tertiary/aromatic N) is 2. The molecule has 0 atom stereocenters. The Morgan fingerprint density at radius 1 is 1.25 bits per heavy atom. The van der Waals surface area contributed by atoms with Gasteiger partial charge < -0.3 is 4.90 Å². The Morgan fingerprint density at radius 2 is 1.88 bits per heavy atom. The second kappa shape index (κ2) is 6.40. The van der Waals surface area contributed by atoms with Crippen LogP contribution in [-0.2, 0) is 0 Å². The van der Waals surface area contributed by atoms with Crippen molar-refractivity contribution in [1.82, 2.24) is 0 Å². The van der Waals surface area contributed by atoms with Crippen molar-refractivity contribution in [2.45, 2.75) is 26.7 Å². The highest BCUT2D eigenvalue weighted by molar-refractivity contribution is 6.32. The predicted molar refractivity (Wildman–Crippen MR) is 69.0 cm³/mol. The number of rotatable bonds is 5. The molecule has 86 valence electrons. The van der Waals surface area contributed by atoms with Gasteiger partial charge in [0.1, 0.15) is 6.07 Å². The SMILES string of the molecule is CCCN(CCC)c1cccc(Cl)c1C#N. The van der Waals surface area contributed by atoms with Crippen LogP contribution in [0.3, 0.4) is 0 Å². The minimum absolute atomic E-state index is 0.539. The summed E-state index contributed by atoms with van der Waals surface area (Å²) in [4.78, 5) is 2.23. The van der Waals surface area contributed by atoms with E-state index in [4.69, 9.17) is 16.9 Å². The summed E-state index contributed by atoms with van der Waals surface area (Å²) in [5.41, 5.74) is 1.55. The van der Waals surface area contributed by atoms with Gasteiger partial charge in [-0.2, -0.15) is 5.26 Å². The lowest BCUT2D eigenvalue weighted by Crippen LogP contribution is -2.25. The minimum Gasteiger partial charge on any atom is -0.370 e. The van der Waals surface area contributed by atoms with Gasteiger partial charge in [-0.3, -0.25) is 0 Å². The zero-order chi connectivity index (χ0) is 12.0. The summed E-state index contributed by atoms with van der Waals surface area (Å²) in [6.07, 6.45) is 2.13. The molecule has 1 aromatic rings. The number of hydrogen-bond donors (Lipinski definition) is 0. The number of nitriles is 1. The Balaban J connectivity index is 3.08. The summed E-state index contributed by atoms with van der Waals surface area (Å²) in [6.45, 7) is 6.20. The maximum Gasteiger partial charge on any atom is 0.103 e. The first-order valence-electron chi connectivity index (χ1n) is 5.68. The van der Waals surface area contributed by atoms with Gasteiger partial charge >= 0.3 is 0 Å². The molecular formula is C13H17ClN2. The van der Waals surface area contributed by atoms with Crippen LogP contribution >= 0.6 is 11.6 Å². The largest absolute Gasteiger partial charge is 0.370 e. The first-order valence-corrected chi connectivity index (χ1v) is 6.05. The molecule has 1 rings (SSSR count). The molecule has 0 N–H and O–H groups in total. The average Bonchev–Trinajstić information content (AvgIpc) is 2.28. The molecule has 0 bridgehead atoms. The van der Waals surface area contributed by atoms with Crippen LogP contribution in [0.25, 0.3) is 0 Å². The fourth-order valence-electron chi connectivity index (χ4n) is 1.78. The van der Waals surface area contributed by atoms with Crippen LogP contribution in [0, 0.1) is 11.3 Å². The van der Waals surface area contributed by atoms with Gasteiger partial charge in [-0.15, -0.1) is 0 Å². The molecule has 3 heteroatoms. The van der Waals surface area contributed by atoms with Crippen molar-refractivity contribution in [3.63, 3.8) is 0 Å². The van der Waals surface area contributed by atoms with Crippen LogP contribution in [0.4, 0.5) is 5.69 Å². The maximum absolute atomic E-state index is 9.12. The van der Waals surface area contributed by atoms with Crippen molar-refractivity contribution in [3.8, 4) is 6.07 Å². The lowest BCUT2D eigenvalue weighted by molar-refractivity contribution is 0.744. The molecule has 0 saturated heterocycles. The Bertz CT molecular complexity index is 376.